The zero-order chi connectivity index (χ0) is 32.1. The summed E-state index contributed by atoms with van der Waals surface area (Å²) >= 11 is 0. The number of ether oxygens (including phenoxy) is 2. The monoisotopic (exact) mass is 641 g/mol. The summed E-state index contributed by atoms with van der Waals surface area (Å²) in [7, 11) is -2.44. The lowest BCUT2D eigenvalue weighted by Crippen LogP contribution is -2.35. The zero-order valence-electron chi connectivity index (χ0n) is 25.4. The average Bonchev–Trinajstić information content (AvgIpc) is 3.01. The van der Waals surface area contributed by atoms with Crippen LogP contribution in [0.2, 0.25) is 0 Å². The molecule has 0 saturated carbocycles. The van der Waals surface area contributed by atoms with Gasteiger partial charge in [0.25, 0.3) is 5.91 Å². The van der Waals surface area contributed by atoms with E-state index in [1.54, 1.807) is 51.6 Å². The summed E-state index contributed by atoms with van der Waals surface area (Å²) in [5.41, 5.74) is 2.97. The number of nitrogens with zero attached hydrogens (tertiary/aromatic N) is 2. The molecule has 3 aromatic carbocycles. The molecule has 0 spiro atoms. The number of amides is 1. The molecule has 1 amide bonds. The highest BCUT2D eigenvalue weighted by atomic mass is 32.2. The van der Waals surface area contributed by atoms with E-state index in [0.29, 0.717) is 28.3 Å². The Labute approximate surface area is 260 Å². The van der Waals surface area contributed by atoms with Gasteiger partial charge in [0.2, 0.25) is 10.0 Å². The van der Waals surface area contributed by atoms with Crippen molar-refractivity contribution < 1.29 is 31.1 Å². The van der Waals surface area contributed by atoms with Gasteiger partial charge >= 0.3 is 0 Å². The topological polar surface area (TPSA) is 136 Å². The number of sulfonamides is 1. The molecule has 0 radical (unpaired) electrons. The van der Waals surface area contributed by atoms with E-state index in [4.69, 9.17) is 14.6 Å². The van der Waals surface area contributed by atoms with Crippen LogP contribution in [0.25, 0.3) is 6.08 Å². The van der Waals surface area contributed by atoms with Crippen LogP contribution in [0.15, 0.2) is 76.5 Å². The summed E-state index contributed by atoms with van der Waals surface area (Å²) in [5.74, 6) is 1.03. The molecule has 0 unspecified atom stereocenters. The maximum absolute atomic E-state index is 13.0. The lowest BCUT2D eigenvalue weighted by Gasteiger charge is -2.33. The van der Waals surface area contributed by atoms with Gasteiger partial charge in [0.15, 0.2) is 21.3 Å². The molecule has 10 nitrogen and oxygen atoms in total. The number of hydrogen-bond donors (Lipinski definition) is 1. The van der Waals surface area contributed by atoms with E-state index >= 15 is 0 Å². The second-order valence-corrected chi connectivity index (χ2v) is 14.4. The summed E-state index contributed by atoms with van der Waals surface area (Å²) in [4.78, 5) is 17.1. The number of primary sulfonamides is 1. The van der Waals surface area contributed by atoms with Crippen LogP contribution in [0, 0.1) is 0 Å². The van der Waals surface area contributed by atoms with E-state index in [1.165, 1.54) is 29.2 Å². The van der Waals surface area contributed by atoms with Crippen LogP contribution in [0.5, 0.6) is 11.5 Å². The van der Waals surface area contributed by atoms with Gasteiger partial charge in [-0.3, -0.25) is 4.79 Å². The van der Waals surface area contributed by atoms with Crippen LogP contribution in [-0.2, 0) is 31.1 Å². The standard InChI is InChI=1S/C32H39N3O7S2/c1-34(32(36)14-8-23-5-10-27(11-6-23)43(4,37)38)26-9-13-31(44(33,39)40)28(22-26)25-16-19-35(20-17-25)18-15-24-7-12-29(41-2)30(21-24)42-3/h5-14,21-22,25H,15-20H2,1-4H3,(H2,33,39,40). The fourth-order valence-electron chi connectivity index (χ4n) is 5.35. The largest absolute Gasteiger partial charge is 0.493 e. The van der Waals surface area contributed by atoms with Gasteiger partial charge in [0.1, 0.15) is 0 Å². The average molecular weight is 642 g/mol. The molecular formula is C32H39N3O7S2. The van der Waals surface area contributed by atoms with Crippen molar-refractivity contribution >= 4 is 37.5 Å². The first kappa shape index (κ1) is 33.2. The lowest BCUT2D eigenvalue weighted by molar-refractivity contribution is -0.113. The smallest absolute Gasteiger partial charge is 0.250 e. The van der Waals surface area contributed by atoms with Crippen molar-refractivity contribution in [2.45, 2.75) is 35.0 Å². The van der Waals surface area contributed by atoms with Crippen LogP contribution in [-0.4, -0.2) is 74.8 Å². The summed E-state index contributed by atoms with van der Waals surface area (Å²) in [5, 5.41) is 5.60. The Hall–Kier alpha value is -3.71. The summed E-state index contributed by atoms with van der Waals surface area (Å²) < 4.78 is 59.1. The minimum absolute atomic E-state index is 0.0343. The summed E-state index contributed by atoms with van der Waals surface area (Å²) in [6, 6.07) is 16.9. The normalized spacial score (nSPS) is 14.9. The molecule has 12 heteroatoms. The number of likely N-dealkylation sites (N-methyl/N-ethyl adjacent to an activating group) is 1. The summed E-state index contributed by atoms with van der Waals surface area (Å²) in [6.07, 6.45) is 6.46. The van der Waals surface area contributed by atoms with Crippen molar-refractivity contribution in [3.05, 3.63) is 83.4 Å². The third-order valence-corrected chi connectivity index (χ3v) is 10.0. The van der Waals surface area contributed by atoms with E-state index in [0.717, 1.165) is 50.7 Å². The highest BCUT2D eigenvalue weighted by Gasteiger charge is 2.27. The molecule has 236 valence electrons. The summed E-state index contributed by atoms with van der Waals surface area (Å²) in [6.45, 7) is 2.44. The van der Waals surface area contributed by atoms with Gasteiger partial charge in [-0.25, -0.2) is 22.0 Å². The number of sulfone groups is 1. The van der Waals surface area contributed by atoms with Crippen molar-refractivity contribution in [2.24, 2.45) is 5.14 Å². The first-order chi connectivity index (χ1) is 20.8. The van der Waals surface area contributed by atoms with E-state index in [1.807, 2.05) is 18.2 Å². The molecule has 0 aliphatic carbocycles. The van der Waals surface area contributed by atoms with Gasteiger partial charge in [0, 0.05) is 31.6 Å². The maximum atomic E-state index is 13.0. The minimum atomic E-state index is -3.97. The van der Waals surface area contributed by atoms with Gasteiger partial charge in [-0.05, 0) is 104 Å². The van der Waals surface area contributed by atoms with E-state index < -0.39 is 19.9 Å². The highest BCUT2D eigenvalue weighted by molar-refractivity contribution is 7.90. The Bertz CT molecular complexity index is 1730. The quantitative estimate of drug-likeness (QED) is 0.312. The van der Waals surface area contributed by atoms with Gasteiger partial charge in [-0.2, -0.15) is 0 Å². The number of benzene rings is 3. The fraction of sp³-hybridized carbons (Fsp3) is 0.344. The highest BCUT2D eigenvalue weighted by Crippen LogP contribution is 2.35. The van der Waals surface area contributed by atoms with Crippen LogP contribution >= 0.6 is 0 Å². The number of piperidine rings is 1. The van der Waals surface area contributed by atoms with Gasteiger partial charge < -0.3 is 19.3 Å². The van der Waals surface area contributed by atoms with Crippen molar-refractivity contribution in [1.82, 2.24) is 4.90 Å². The Balaban J connectivity index is 1.44. The molecule has 1 fully saturated rings. The predicted molar refractivity (Wildman–Crippen MR) is 171 cm³/mol. The van der Waals surface area contributed by atoms with Crippen LogP contribution < -0.4 is 19.5 Å². The molecule has 0 aromatic heterocycles. The van der Waals surface area contributed by atoms with Crippen LogP contribution in [0.1, 0.15) is 35.4 Å². The van der Waals surface area contributed by atoms with Crippen molar-refractivity contribution in [1.29, 1.82) is 0 Å². The lowest BCUT2D eigenvalue weighted by atomic mass is 9.89. The second kappa shape index (κ2) is 13.9. The third-order valence-electron chi connectivity index (χ3n) is 7.94. The Kier molecular flexibility index (Phi) is 10.5. The molecule has 1 aliphatic rings. The number of rotatable bonds is 11. The molecule has 3 aromatic rings. The molecule has 0 atom stereocenters. The first-order valence-corrected chi connectivity index (χ1v) is 17.6. The maximum Gasteiger partial charge on any atom is 0.250 e. The Morgan fingerprint density at radius 3 is 2.20 bits per heavy atom. The third kappa shape index (κ3) is 8.26. The number of likely N-dealkylation sites (tertiary alicyclic amines) is 1. The van der Waals surface area contributed by atoms with E-state index in [2.05, 4.69) is 4.90 Å². The molecule has 1 aliphatic heterocycles. The molecule has 44 heavy (non-hydrogen) atoms. The first-order valence-electron chi connectivity index (χ1n) is 14.2. The van der Waals surface area contributed by atoms with Gasteiger partial charge in [-0.1, -0.05) is 18.2 Å². The number of anilines is 1. The number of hydrogen-bond acceptors (Lipinski definition) is 8. The van der Waals surface area contributed by atoms with Crippen molar-refractivity contribution in [2.75, 3.05) is 52.1 Å². The number of methoxy groups -OCH3 is 2. The van der Waals surface area contributed by atoms with Crippen molar-refractivity contribution in [3.63, 3.8) is 0 Å². The Morgan fingerprint density at radius 2 is 1.61 bits per heavy atom. The minimum Gasteiger partial charge on any atom is -0.493 e. The molecule has 4 rings (SSSR count). The van der Waals surface area contributed by atoms with Gasteiger partial charge in [0.05, 0.1) is 24.0 Å². The SMILES string of the molecule is COc1ccc(CCN2CCC(c3cc(N(C)C(=O)C=Cc4ccc(S(C)(=O)=O)cc4)ccc3S(N)(=O)=O)CC2)cc1OC. The molecule has 1 heterocycles. The Morgan fingerprint density at radius 1 is 0.955 bits per heavy atom. The van der Waals surface area contributed by atoms with Gasteiger partial charge in [-0.15, -0.1) is 0 Å². The number of nitrogens with two attached hydrogens (primary N) is 1. The van der Waals surface area contributed by atoms with Crippen LogP contribution in [0.4, 0.5) is 5.69 Å². The van der Waals surface area contributed by atoms with Crippen LogP contribution in [0.3, 0.4) is 0 Å². The molecule has 1 saturated heterocycles. The van der Waals surface area contributed by atoms with E-state index in [9.17, 15) is 21.6 Å². The number of carbonyl (C=O) groups excluding carboxylic acids is 1. The molecular weight excluding hydrogens is 603 g/mol. The molecule has 0 bridgehead atoms. The fourth-order valence-corrected chi connectivity index (χ4v) is 6.79. The zero-order valence-corrected chi connectivity index (χ0v) is 27.0. The number of carbonyl (C=O) groups is 1. The second-order valence-electron chi connectivity index (χ2n) is 10.9. The van der Waals surface area contributed by atoms with Crippen molar-refractivity contribution in [3.8, 4) is 11.5 Å². The molecule has 2 N–H and O–H groups in total. The predicted octanol–water partition coefficient (Wildman–Crippen LogP) is 3.85. The van der Waals surface area contributed by atoms with E-state index in [-0.39, 0.29) is 21.6 Å².